The molecule has 1 atom stereocenters. The number of ether oxygens (including phenoxy) is 2. The first-order valence-electron chi connectivity index (χ1n) is 7.48. The fourth-order valence-electron chi connectivity index (χ4n) is 2.42. The van der Waals surface area contributed by atoms with Crippen molar-refractivity contribution in [1.29, 1.82) is 0 Å². The topological polar surface area (TPSA) is 30.5 Å². The second-order valence-electron chi connectivity index (χ2n) is 5.47. The quantitative estimate of drug-likeness (QED) is 0.873. The lowest BCUT2D eigenvalue weighted by Crippen LogP contribution is -2.00. The third-order valence-electron chi connectivity index (χ3n) is 4.03. The number of hydrogen-bond acceptors (Lipinski definition) is 3. The van der Waals surface area contributed by atoms with Crippen LogP contribution in [0.5, 0.6) is 11.5 Å². The average molecular weight is 283 g/mol. The molecule has 2 aromatic carbocycles. The molecular formula is C18H21NO2. The number of benzene rings is 2. The normalized spacial score (nSPS) is 14.0. The van der Waals surface area contributed by atoms with E-state index in [4.69, 9.17) is 9.47 Å². The van der Waals surface area contributed by atoms with Crippen LogP contribution < -0.4 is 14.8 Å². The van der Waals surface area contributed by atoms with Crippen molar-refractivity contribution in [3.8, 4) is 11.5 Å². The third-order valence-corrected chi connectivity index (χ3v) is 4.03. The molecule has 1 N–H and O–H groups in total. The van der Waals surface area contributed by atoms with Crippen molar-refractivity contribution in [3.05, 3.63) is 53.6 Å². The molecule has 1 aliphatic heterocycles. The van der Waals surface area contributed by atoms with E-state index < -0.39 is 0 Å². The lowest BCUT2D eigenvalue weighted by Gasteiger charge is -2.11. The molecule has 3 nitrogen and oxygen atoms in total. The number of nitrogens with one attached hydrogen (secondary N) is 1. The summed E-state index contributed by atoms with van der Waals surface area (Å²) in [5, 5.41) is 3.44. The highest BCUT2D eigenvalue weighted by Gasteiger charge is 2.12. The van der Waals surface area contributed by atoms with E-state index in [0.717, 1.165) is 23.7 Å². The van der Waals surface area contributed by atoms with Crippen molar-refractivity contribution in [2.45, 2.75) is 32.7 Å². The smallest absolute Gasteiger partial charge is 0.231 e. The Labute approximate surface area is 125 Å². The van der Waals surface area contributed by atoms with Crippen molar-refractivity contribution >= 4 is 5.69 Å². The van der Waals surface area contributed by atoms with E-state index in [2.05, 4.69) is 49.5 Å². The maximum absolute atomic E-state index is 5.40. The van der Waals surface area contributed by atoms with Crippen LogP contribution in [0.3, 0.4) is 0 Å². The number of rotatable bonds is 5. The summed E-state index contributed by atoms with van der Waals surface area (Å²) in [7, 11) is 0. The first-order valence-corrected chi connectivity index (χ1v) is 7.48. The van der Waals surface area contributed by atoms with E-state index in [9.17, 15) is 0 Å². The van der Waals surface area contributed by atoms with Gasteiger partial charge in [0.1, 0.15) is 0 Å². The zero-order chi connectivity index (χ0) is 14.7. The zero-order valence-corrected chi connectivity index (χ0v) is 12.6. The van der Waals surface area contributed by atoms with E-state index in [1.54, 1.807) is 0 Å². The molecule has 1 unspecified atom stereocenters. The van der Waals surface area contributed by atoms with Gasteiger partial charge in [-0.3, -0.25) is 0 Å². The van der Waals surface area contributed by atoms with Gasteiger partial charge in [0.25, 0.3) is 0 Å². The molecule has 110 valence electrons. The second-order valence-corrected chi connectivity index (χ2v) is 5.47. The van der Waals surface area contributed by atoms with E-state index in [1.807, 2.05) is 12.1 Å². The highest BCUT2D eigenvalue weighted by Crippen LogP contribution is 2.32. The minimum absolute atomic E-state index is 0.323. The molecule has 0 fully saturated rings. The molecule has 0 aliphatic carbocycles. The summed E-state index contributed by atoms with van der Waals surface area (Å²) in [5.41, 5.74) is 3.72. The molecule has 3 rings (SSSR count). The summed E-state index contributed by atoms with van der Waals surface area (Å²) in [6.45, 7) is 5.58. The number of anilines is 1. The van der Waals surface area contributed by atoms with Crippen molar-refractivity contribution < 1.29 is 9.47 Å². The number of fused-ring (bicyclic) bond motifs is 1. The molecule has 0 aromatic heterocycles. The summed E-state index contributed by atoms with van der Waals surface area (Å²) >= 11 is 0. The lowest BCUT2D eigenvalue weighted by atomic mass is 9.99. The molecule has 0 amide bonds. The van der Waals surface area contributed by atoms with E-state index in [1.165, 1.54) is 17.5 Å². The first kappa shape index (κ1) is 13.8. The Hall–Kier alpha value is -2.16. The van der Waals surface area contributed by atoms with Crippen LogP contribution in [-0.4, -0.2) is 6.79 Å². The van der Waals surface area contributed by atoms with Crippen LogP contribution in [0.2, 0.25) is 0 Å². The van der Waals surface area contributed by atoms with Gasteiger partial charge in [0, 0.05) is 12.2 Å². The average Bonchev–Trinajstić information content (AvgIpc) is 3.00. The highest BCUT2D eigenvalue weighted by molar-refractivity contribution is 5.48. The van der Waals surface area contributed by atoms with Gasteiger partial charge in [0.15, 0.2) is 11.5 Å². The molecule has 0 radical (unpaired) electrons. The molecule has 0 saturated heterocycles. The Bertz CT molecular complexity index is 607. The van der Waals surface area contributed by atoms with Crippen molar-refractivity contribution in [2.75, 3.05) is 12.1 Å². The predicted molar refractivity (Wildman–Crippen MR) is 85.0 cm³/mol. The van der Waals surface area contributed by atoms with Gasteiger partial charge >= 0.3 is 0 Å². The fourth-order valence-corrected chi connectivity index (χ4v) is 2.42. The van der Waals surface area contributed by atoms with E-state index in [-0.39, 0.29) is 0 Å². The largest absolute Gasteiger partial charge is 0.454 e. The zero-order valence-electron chi connectivity index (χ0n) is 12.6. The van der Waals surface area contributed by atoms with Crippen LogP contribution in [0, 0.1) is 0 Å². The summed E-state index contributed by atoms with van der Waals surface area (Å²) < 4.78 is 10.7. The van der Waals surface area contributed by atoms with Crippen LogP contribution in [0.15, 0.2) is 42.5 Å². The molecule has 2 aromatic rings. The Kier molecular flexibility index (Phi) is 4.00. The van der Waals surface area contributed by atoms with E-state index in [0.29, 0.717) is 12.7 Å². The minimum Gasteiger partial charge on any atom is -0.454 e. The van der Waals surface area contributed by atoms with Gasteiger partial charge in [0.05, 0.1) is 0 Å². The van der Waals surface area contributed by atoms with Gasteiger partial charge in [0.2, 0.25) is 6.79 Å². The molecule has 21 heavy (non-hydrogen) atoms. The van der Waals surface area contributed by atoms with Gasteiger partial charge in [-0.25, -0.2) is 0 Å². The summed E-state index contributed by atoms with van der Waals surface area (Å²) in [6.07, 6.45) is 1.17. The van der Waals surface area contributed by atoms with Crippen LogP contribution in [0.4, 0.5) is 5.69 Å². The highest BCUT2D eigenvalue weighted by atomic mass is 16.7. The van der Waals surface area contributed by atoms with Crippen molar-refractivity contribution in [2.24, 2.45) is 0 Å². The summed E-state index contributed by atoms with van der Waals surface area (Å²) in [5.74, 6) is 2.28. The van der Waals surface area contributed by atoms with Gasteiger partial charge in [-0.1, -0.05) is 32.0 Å². The minimum atomic E-state index is 0.323. The summed E-state index contributed by atoms with van der Waals surface area (Å²) in [4.78, 5) is 0. The van der Waals surface area contributed by atoms with Crippen molar-refractivity contribution in [1.82, 2.24) is 0 Å². The fraction of sp³-hybridized carbons (Fsp3) is 0.333. The third kappa shape index (κ3) is 3.13. The van der Waals surface area contributed by atoms with Gasteiger partial charge in [-0.15, -0.1) is 0 Å². The molecule has 0 spiro atoms. The maximum atomic E-state index is 5.40. The van der Waals surface area contributed by atoms with Gasteiger partial charge in [-0.05, 0) is 47.7 Å². The maximum Gasteiger partial charge on any atom is 0.231 e. The predicted octanol–water partition coefficient (Wildman–Crippen LogP) is 4.54. The molecule has 3 heteroatoms. The van der Waals surface area contributed by atoms with Crippen molar-refractivity contribution in [3.63, 3.8) is 0 Å². The molecule has 1 aliphatic rings. The standard InChI is InChI=1S/C18H21NO2/c1-3-13(2)15-5-7-16(8-6-15)19-11-14-4-9-17-18(10-14)21-12-20-17/h4-10,13,19H,3,11-12H2,1-2H3. The monoisotopic (exact) mass is 283 g/mol. The molecular weight excluding hydrogens is 262 g/mol. The van der Waals surface area contributed by atoms with Crippen LogP contribution in [0.1, 0.15) is 37.3 Å². The van der Waals surface area contributed by atoms with Crippen LogP contribution >= 0.6 is 0 Å². The van der Waals surface area contributed by atoms with Crippen LogP contribution in [-0.2, 0) is 6.54 Å². The van der Waals surface area contributed by atoms with Gasteiger partial charge in [-0.2, -0.15) is 0 Å². The SMILES string of the molecule is CCC(C)c1ccc(NCc2ccc3c(c2)OCO3)cc1. The Morgan fingerprint density at radius 3 is 2.57 bits per heavy atom. The second kappa shape index (κ2) is 6.08. The summed E-state index contributed by atoms with van der Waals surface area (Å²) in [6, 6.07) is 14.8. The Morgan fingerprint density at radius 2 is 1.81 bits per heavy atom. The lowest BCUT2D eigenvalue weighted by molar-refractivity contribution is 0.174. The first-order chi connectivity index (χ1) is 10.3. The van der Waals surface area contributed by atoms with E-state index >= 15 is 0 Å². The molecule has 0 bridgehead atoms. The van der Waals surface area contributed by atoms with Crippen LogP contribution in [0.25, 0.3) is 0 Å². The Morgan fingerprint density at radius 1 is 1.05 bits per heavy atom. The molecule has 0 saturated carbocycles. The number of hydrogen-bond donors (Lipinski definition) is 1. The van der Waals surface area contributed by atoms with Gasteiger partial charge < -0.3 is 14.8 Å². The Balaban J connectivity index is 1.62. The molecule has 1 heterocycles.